The number of aliphatic imine (C=N–C) groups is 1. The van der Waals surface area contributed by atoms with E-state index in [-0.39, 0.29) is 5.69 Å². The number of nitro groups is 1. The topological polar surface area (TPSA) is 86.7 Å². The van der Waals surface area contributed by atoms with E-state index in [1.165, 1.54) is 13.2 Å². The van der Waals surface area contributed by atoms with Crippen molar-refractivity contribution in [1.82, 2.24) is 4.57 Å². The highest BCUT2D eigenvalue weighted by Gasteiger charge is 2.13. The van der Waals surface area contributed by atoms with Crippen LogP contribution in [0.5, 0.6) is 0 Å². The Labute approximate surface area is 162 Å². The van der Waals surface area contributed by atoms with Crippen LogP contribution in [0.25, 0.3) is 5.69 Å². The number of non-ortho nitro benzene ring substituents is 1. The van der Waals surface area contributed by atoms with Crippen LogP contribution in [0.1, 0.15) is 27.3 Å². The summed E-state index contributed by atoms with van der Waals surface area (Å²) in [6, 6.07) is 15.3. The molecule has 0 N–H and O–H groups in total. The number of aryl methyl sites for hydroxylation is 1. The van der Waals surface area contributed by atoms with E-state index < -0.39 is 10.9 Å². The molecular weight excluding hydrogens is 358 g/mol. The van der Waals surface area contributed by atoms with Gasteiger partial charge in [0.2, 0.25) is 0 Å². The number of benzene rings is 2. The minimum absolute atomic E-state index is 0.0471. The van der Waals surface area contributed by atoms with Crippen LogP contribution in [-0.2, 0) is 4.74 Å². The zero-order valence-corrected chi connectivity index (χ0v) is 15.7. The molecule has 1 heterocycles. The third-order valence-corrected chi connectivity index (χ3v) is 4.41. The monoisotopic (exact) mass is 377 g/mol. The van der Waals surface area contributed by atoms with Gasteiger partial charge in [0.15, 0.2) is 0 Å². The van der Waals surface area contributed by atoms with Crippen molar-refractivity contribution in [3.05, 3.63) is 87.2 Å². The third-order valence-electron chi connectivity index (χ3n) is 4.41. The molecule has 2 aromatic carbocycles. The first kappa shape index (κ1) is 19.0. The van der Waals surface area contributed by atoms with Crippen LogP contribution in [0.15, 0.2) is 59.6 Å². The molecule has 0 radical (unpaired) electrons. The fraction of sp³-hybridized carbons (Fsp3) is 0.143. The van der Waals surface area contributed by atoms with Crippen molar-refractivity contribution in [2.45, 2.75) is 13.8 Å². The molecule has 0 saturated carbocycles. The van der Waals surface area contributed by atoms with Gasteiger partial charge < -0.3 is 9.30 Å². The molecule has 1 aromatic heterocycles. The summed E-state index contributed by atoms with van der Waals surface area (Å²) in [5.41, 5.74) is 4.71. The average molecular weight is 377 g/mol. The summed E-state index contributed by atoms with van der Waals surface area (Å²) in [5.74, 6) is -0.393. The quantitative estimate of drug-likeness (QED) is 0.283. The molecule has 0 aliphatic heterocycles. The van der Waals surface area contributed by atoms with Gasteiger partial charge in [-0.2, -0.15) is 0 Å². The number of carbonyl (C=O) groups is 1. The SMILES string of the molecule is COC(=O)c1ccc(N=Cc2cc(C)n(-c3cccc([N+](=O)[O-])c3)c2C)cc1. The van der Waals surface area contributed by atoms with E-state index >= 15 is 0 Å². The molecule has 0 amide bonds. The number of nitro benzene ring substituents is 1. The highest BCUT2D eigenvalue weighted by molar-refractivity contribution is 5.90. The summed E-state index contributed by atoms with van der Waals surface area (Å²) in [5, 5.41) is 11.1. The number of hydrogen-bond donors (Lipinski definition) is 0. The van der Waals surface area contributed by atoms with Crippen molar-refractivity contribution in [3.63, 3.8) is 0 Å². The average Bonchev–Trinajstić information content (AvgIpc) is 2.99. The Bertz CT molecular complexity index is 1070. The van der Waals surface area contributed by atoms with Gasteiger partial charge in [-0.05, 0) is 50.2 Å². The predicted molar refractivity (Wildman–Crippen MR) is 107 cm³/mol. The van der Waals surface area contributed by atoms with Gasteiger partial charge in [-0.1, -0.05) is 6.07 Å². The number of hydrogen-bond acceptors (Lipinski definition) is 5. The van der Waals surface area contributed by atoms with Crippen molar-refractivity contribution in [3.8, 4) is 5.69 Å². The second-order valence-corrected chi connectivity index (χ2v) is 6.24. The molecule has 3 rings (SSSR count). The summed E-state index contributed by atoms with van der Waals surface area (Å²) in [6.45, 7) is 3.88. The van der Waals surface area contributed by atoms with Gasteiger partial charge in [-0.25, -0.2) is 4.79 Å². The van der Waals surface area contributed by atoms with Crippen LogP contribution in [0.2, 0.25) is 0 Å². The molecule has 0 bridgehead atoms. The standard InChI is InChI=1S/C21H19N3O4/c1-14-11-17(13-22-18-9-7-16(8-10-18)21(25)28-3)15(2)23(14)19-5-4-6-20(12-19)24(26)27/h4-13H,1-3H3. The molecule has 0 spiro atoms. The van der Waals surface area contributed by atoms with Gasteiger partial charge in [0.05, 0.1) is 29.0 Å². The largest absolute Gasteiger partial charge is 0.465 e. The van der Waals surface area contributed by atoms with Gasteiger partial charge in [-0.3, -0.25) is 15.1 Å². The number of ether oxygens (including phenoxy) is 1. The van der Waals surface area contributed by atoms with E-state index in [2.05, 4.69) is 9.73 Å². The first-order valence-corrected chi connectivity index (χ1v) is 8.57. The Morgan fingerprint density at radius 1 is 1.14 bits per heavy atom. The highest BCUT2D eigenvalue weighted by Crippen LogP contribution is 2.23. The van der Waals surface area contributed by atoms with Crippen molar-refractivity contribution < 1.29 is 14.5 Å². The molecule has 142 valence electrons. The molecule has 7 nitrogen and oxygen atoms in total. The first-order chi connectivity index (χ1) is 13.4. The Balaban J connectivity index is 1.90. The van der Waals surface area contributed by atoms with Crippen molar-refractivity contribution in [2.75, 3.05) is 7.11 Å². The summed E-state index contributed by atoms with van der Waals surface area (Å²) >= 11 is 0. The molecule has 0 fully saturated rings. The molecular formula is C21H19N3O4. The zero-order chi connectivity index (χ0) is 20.3. The van der Waals surface area contributed by atoms with Crippen LogP contribution in [-0.4, -0.2) is 28.8 Å². The Morgan fingerprint density at radius 3 is 2.50 bits per heavy atom. The highest BCUT2D eigenvalue weighted by atomic mass is 16.6. The summed E-state index contributed by atoms with van der Waals surface area (Å²) < 4.78 is 6.63. The minimum atomic E-state index is -0.405. The first-order valence-electron chi connectivity index (χ1n) is 8.57. The molecule has 28 heavy (non-hydrogen) atoms. The number of esters is 1. The van der Waals surface area contributed by atoms with Crippen molar-refractivity contribution in [1.29, 1.82) is 0 Å². The second kappa shape index (κ2) is 7.87. The lowest BCUT2D eigenvalue weighted by molar-refractivity contribution is -0.384. The smallest absolute Gasteiger partial charge is 0.337 e. The minimum Gasteiger partial charge on any atom is -0.465 e. The Kier molecular flexibility index (Phi) is 5.35. The number of aromatic nitrogens is 1. The Hall–Kier alpha value is -3.74. The maximum atomic E-state index is 11.5. The zero-order valence-electron chi connectivity index (χ0n) is 15.7. The molecule has 0 aliphatic rings. The fourth-order valence-electron chi connectivity index (χ4n) is 3.01. The maximum Gasteiger partial charge on any atom is 0.337 e. The van der Waals surface area contributed by atoms with Crippen LogP contribution in [0, 0.1) is 24.0 Å². The summed E-state index contributed by atoms with van der Waals surface area (Å²) in [7, 11) is 1.34. The van der Waals surface area contributed by atoms with E-state index in [1.54, 1.807) is 42.6 Å². The lowest BCUT2D eigenvalue weighted by Crippen LogP contribution is -2.00. The van der Waals surface area contributed by atoms with E-state index in [4.69, 9.17) is 0 Å². The van der Waals surface area contributed by atoms with Gasteiger partial charge in [0.25, 0.3) is 5.69 Å². The normalized spacial score (nSPS) is 11.0. The molecule has 0 saturated heterocycles. The van der Waals surface area contributed by atoms with Gasteiger partial charge >= 0.3 is 5.97 Å². The van der Waals surface area contributed by atoms with Crippen LogP contribution in [0.3, 0.4) is 0 Å². The number of rotatable bonds is 5. The molecule has 3 aromatic rings. The van der Waals surface area contributed by atoms with Gasteiger partial charge in [0.1, 0.15) is 0 Å². The second-order valence-electron chi connectivity index (χ2n) is 6.24. The number of nitrogens with zero attached hydrogens (tertiary/aromatic N) is 3. The van der Waals surface area contributed by atoms with Gasteiger partial charge in [-0.15, -0.1) is 0 Å². The molecule has 0 aliphatic carbocycles. The van der Waals surface area contributed by atoms with Crippen LogP contribution >= 0.6 is 0 Å². The van der Waals surface area contributed by atoms with Crippen LogP contribution in [0.4, 0.5) is 11.4 Å². The van der Waals surface area contributed by atoms with E-state index in [0.717, 1.165) is 22.6 Å². The van der Waals surface area contributed by atoms with Crippen LogP contribution < -0.4 is 0 Å². The van der Waals surface area contributed by atoms with E-state index in [9.17, 15) is 14.9 Å². The summed E-state index contributed by atoms with van der Waals surface area (Å²) in [4.78, 5) is 26.6. The summed E-state index contributed by atoms with van der Waals surface area (Å²) in [6.07, 6.45) is 1.74. The molecule has 0 unspecified atom stereocenters. The number of methoxy groups -OCH3 is 1. The van der Waals surface area contributed by atoms with E-state index in [1.807, 2.05) is 30.5 Å². The maximum absolute atomic E-state index is 11.5. The van der Waals surface area contributed by atoms with E-state index in [0.29, 0.717) is 11.3 Å². The lowest BCUT2D eigenvalue weighted by atomic mass is 10.2. The molecule has 7 heteroatoms. The van der Waals surface area contributed by atoms with Gasteiger partial charge in [0, 0.05) is 35.3 Å². The third kappa shape index (κ3) is 3.83. The van der Waals surface area contributed by atoms with Crippen molar-refractivity contribution in [2.24, 2.45) is 4.99 Å². The lowest BCUT2D eigenvalue weighted by Gasteiger charge is -2.09. The van der Waals surface area contributed by atoms with Crippen molar-refractivity contribution >= 4 is 23.6 Å². The molecule has 0 atom stereocenters. The fourth-order valence-corrected chi connectivity index (χ4v) is 3.01. The number of carbonyl (C=O) groups excluding carboxylic acids is 1. The Morgan fingerprint density at radius 2 is 1.86 bits per heavy atom. The predicted octanol–water partition coefficient (Wildman–Crippen LogP) is 4.54.